The number of halogens is 1. The molecule has 0 saturated heterocycles. The third kappa shape index (κ3) is 1.58. The summed E-state index contributed by atoms with van der Waals surface area (Å²) in [4.78, 5) is 11.8. The first kappa shape index (κ1) is 7.35. The first-order valence-corrected chi connectivity index (χ1v) is 4.48. The molecule has 9 heavy (non-hydrogen) atoms. The van der Waals surface area contributed by atoms with Crippen LogP contribution in [0.25, 0.3) is 0 Å². The predicted molar refractivity (Wildman–Crippen MR) is 43.9 cm³/mol. The number of carbonyl (C=O) groups excluding carboxylic acids is 1. The zero-order valence-corrected chi connectivity index (χ0v) is 7.41. The standard InChI is InChI=1S/C6H7BrOS/c1-4-2-5(7)6(3-8)9-4/h2-3,5-6H,1H3. The molecular weight excluding hydrogens is 200 g/mol. The smallest absolute Gasteiger partial charge is 0.134 e. The van der Waals surface area contributed by atoms with E-state index in [9.17, 15) is 4.79 Å². The molecule has 0 radical (unpaired) electrons. The lowest BCUT2D eigenvalue weighted by molar-refractivity contribution is -0.107. The van der Waals surface area contributed by atoms with Gasteiger partial charge in [0.25, 0.3) is 0 Å². The number of alkyl halides is 1. The molecule has 0 aromatic carbocycles. The van der Waals surface area contributed by atoms with E-state index in [0.29, 0.717) is 0 Å². The van der Waals surface area contributed by atoms with Crippen LogP contribution >= 0.6 is 27.7 Å². The molecule has 50 valence electrons. The summed E-state index contributed by atoms with van der Waals surface area (Å²) in [7, 11) is 0. The third-order valence-corrected chi connectivity index (χ3v) is 3.53. The van der Waals surface area contributed by atoms with Crippen molar-refractivity contribution in [3.8, 4) is 0 Å². The topological polar surface area (TPSA) is 17.1 Å². The van der Waals surface area contributed by atoms with Crippen LogP contribution in [0, 0.1) is 0 Å². The lowest BCUT2D eigenvalue weighted by atomic mass is 10.3. The number of hydrogen-bond acceptors (Lipinski definition) is 2. The van der Waals surface area contributed by atoms with Crippen molar-refractivity contribution in [2.24, 2.45) is 0 Å². The second-order valence-electron chi connectivity index (χ2n) is 1.94. The van der Waals surface area contributed by atoms with Gasteiger partial charge in [-0.15, -0.1) is 11.8 Å². The molecule has 0 amide bonds. The summed E-state index contributed by atoms with van der Waals surface area (Å²) < 4.78 is 0. The van der Waals surface area contributed by atoms with Crippen molar-refractivity contribution in [3.63, 3.8) is 0 Å². The molecule has 1 nitrogen and oxygen atoms in total. The molecule has 0 saturated carbocycles. The van der Waals surface area contributed by atoms with Gasteiger partial charge >= 0.3 is 0 Å². The maximum absolute atomic E-state index is 10.3. The molecule has 3 heteroatoms. The maximum Gasteiger partial charge on any atom is 0.134 e. The Morgan fingerprint density at radius 1 is 1.89 bits per heavy atom. The van der Waals surface area contributed by atoms with Crippen molar-refractivity contribution in [3.05, 3.63) is 11.0 Å². The average Bonchev–Trinajstić information content (AvgIpc) is 2.10. The highest BCUT2D eigenvalue weighted by Gasteiger charge is 2.23. The Hall–Kier alpha value is 0.240. The number of carbonyl (C=O) groups is 1. The van der Waals surface area contributed by atoms with Crippen LogP contribution in [-0.4, -0.2) is 16.4 Å². The maximum atomic E-state index is 10.3. The van der Waals surface area contributed by atoms with Gasteiger partial charge in [0.1, 0.15) is 6.29 Å². The third-order valence-electron chi connectivity index (χ3n) is 1.16. The molecule has 1 rings (SSSR count). The summed E-state index contributed by atoms with van der Waals surface area (Å²) in [6.45, 7) is 2.02. The van der Waals surface area contributed by atoms with E-state index in [1.54, 1.807) is 11.8 Å². The van der Waals surface area contributed by atoms with Crippen LogP contribution in [0.4, 0.5) is 0 Å². The van der Waals surface area contributed by atoms with Crippen molar-refractivity contribution >= 4 is 34.0 Å². The first-order valence-electron chi connectivity index (χ1n) is 2.68. The summed E-state index contributed by atoms with van der Waals surface area (Å²) >= 11 is 5.00. The van der Waals surface area contributed by atoms with Gasteiger partial charge in [-0.3, -0.25) is 0 Å². The molecule has 1 aliphatic rings. The minimum absolute atomic E-state index is 0.102. The molecule has 0 aliphatic carbocycles. The summed E-state index contributed by atoms with van der Waals surface area (Å²) in [6, 6.07) is 0. The Balaban J connectivity index is 2.59. The van der Waals surface area contributed by atoms with Crippen LogP contribution in [0.1, 0.15) is 6.92 Å². The highest BCUT2D eigenvalue weighted by molar-refractivity contribution is 9.09. The molecule has 0 spiro atoms. The Labute approximate surface area is 67.0 Å². The van der Waals surface area contributed by atoms with E-state index in [-0.39, 0.29) is 10.1 Å². The Morgan fingerprint density at radius 3 is 2.78 bits per heavy atom. The largest absolute Gasteiger partial charge is 0.302 e. The molecule has 1 heterocycles. The normalized spacial score (nSPS) is 34.2. The Bertz CT molecular complexity index is 155. The molecule has 0 fully saturated rings. The molecule has 1 aliphatic heterocycles. The molecule has 0 aromatic rings. The van der Waals surface area contributed by atoms with Gasteiger partial charge < -0.3 is 4.79 Å². The lowest BCUT2D eigenvalue weighted by Gasteiger charge is -2.01. The molecule has 0 bridgehead atoms. The van der Waals surface area contributed by atoms with Gasteiger partial charge in [-0.2, -0.15) is 0 Å². The van der Waals surface area contributed by atoms with E-state index in [1.165, 1.54) is 4.91 Å². The van der Waals surface area contributed by atoms with Gasteiger partial charge in [0, 0.05) is 0 Å². The summed E-state index contributed by atoms with van der Waals surface area (Å²) in [5.74, 6) is 0. The van der Waals surface area contributed by atoms with Crippen LogP contribution in [0.15, 0.2) is 11.0 Å². The fourth-order valence-corrected chi connectivity index (χ4v) is 2.68. The SMILES string of the molecule is CC1=CC(Br)C(C=O)S1. The fourth-order valence-electron chi connectivity index (χ4n) is 0.741. The first-order chi connectivity index (χ1) is 4.24. The highest BCUT2D eigenvalue weighted by atomic mass is 79.9. The van der Waals surface area contributed by atoms with E-state index in [1.807, 2.05) is 6.92 Å². The number of aldehydes is 1. The van der Waals surface area contributed by atoms with Gasteiger partial charge in [-0.1, -0.05) is 22.0 Å². The Morgan fingerprint density at radius 2 is 2.56 bits per heavy atom. The van der Waals surface area contributed by atoms with E-state index in [2.05, 4.69) is 22.0 Å². The predicted octanol–water partition coefficient (Wildman–Crippen LogP) is 1.97. The average molecular weight is 207 g/mol. The van der Waals surface area contributed by atoms with Crippen LogP contribution in [0.3, 0.4) is 0 Å². The minimum atomic E-state index is 0.102. The van der Waals surface area contributed by atoms with Crippen LogP contribution in [0.5, 0.6) is 0 Å². The molecule has 2 atom stereocenters. The van der Waals surface area contributed by atoms with Gasteiger partial charge in [-0.25, -0.2) is 0 Å². The number of hydrogen-bond donors (Lipinski definition) is 0. The van der Waals surface area contributed by atoms with Crippen molar-refractivity contribution in [2.75, 3.05) is 0 Å². The quantitative estimate of drug-likeness (QED) is 0.483. The van der Waals surface area contributed by atoms with E-state index >= 15 is 0 Å². The van der Waals surface area contributed by atoms with E-state index in [4.69, 9.17) is 0 Å². The fraction of sp³-hybridized carbons (Fsp3) is 0.500. The lowest BCUT2D eigenvalue weighted by Crippen LogP contribution is -2.10. The van der Waals surface area contributed by atoms with Crippen LogP contribution in [0.2, 0.25) is 0 Å². The van der Waals surface area contributed by atoms with Gasteiger partial charge in [-0.05, 0) is 11.8 Å². The van der Waals surface area contributed by atoms with Crippen LogP contribution < -0.4 is 0 Å². The van der Waals surface area contributed by atoms with Crippen molar-refractivity contribution in [2.45, 2.75) is 17.0 Å². The zero-order valence-electron chi connectivity index (χ0n) is 5.00. The summed E-state index contributed by atoms with van der Waals surface area (Å²) in [5.41, 5.74) is 0. The van der Waals surface area contributed by atoms with Gasteiger partial charge in [0.15, 0.2) is 0 Å². The van der Waals surface area contributed by atoms with Crippen molar-refractivity contribution in [1.29, 1.82) is 0 Å². The van der Waals surface area contributed by atoms with Crippen molar-refractivity contribution in [1.82, 2.24) is 0 Å². The highest BCUT2D eigenvalue weighted by Crippen LogP contribution is 2.34. The van der Waals surface area contributed by atoms with Gasteiger partial charge in [0.05, 0.1) is 10.1 Å². The molecule has 0 N–H and O–H groups in total. The number of thioether (sulfide) groups is 1. The molecular formula is C6H7BrOS. The number of allylic oxidation sites excluding steroid dienone is 2. The molecule has 0 aromatic heterocycles. The molecule has 2 unspecified atom stereocenters. The van der Waals surface area contributed by atoms with E-state index < -0.39 is 0 Å². The minimum Gasteiger partial charge on any atom is -0.302 e. The second kappa shape index (κ2) is 2.88. The zero-order chi connectivity index (χ0) is 6.85. The van der Waals surface area contributed by atoms with Crippen molar-refractivity contribution < 1.29 is 4.79 Å². The van der Waals surface area contributed by atoms with Gasteiger partial charge in [0.2, 0.25) is 0 Å². The Kier molecular flexibility index (Phi) is 2.35. The number of rotatable bonds is 1. The monoisotopic (exact) mass is 206 g/mol. The second-order valence-corrected chi connectivity index (χ2v) is 4.42. The summed E-state index contributed by atoms with van der Waals surface area (Å²) in [6.07, 6.45) is 3.04. The summed E-state index contributed by atoms with van der Waals surface area (Å²) in [5, 5.41) is 0.102. The van der Waals surface area contributed by atoms with Crippen LogP contribution in [-0.2, 0) is 4.79 Å². The van der Waals surface area contributed by atoms with E-state index in [0.717, 1.165) is 6.29 Å².